The molecule has 0 atom stereocenters. The zero-order chi connectivity index (χ0) is 12.2. The summed E-state index contributed by atoms with van der Waals surface area (Å²) in [6, 6.07) is 0.488. The fourth-order valence-corrected chi connectivity index (χ4v) is 2.04. The molecule has 16 heavy (non-hydrogen) atoms. The first-order valence-corrected chi connectivity index (χ1v) is 6.93. The summed E-state index contributed by atoms with van der Waals surface area (Å²) in [4.78, 5) is 14.5. The maximum absolute atomic E-state index is 12.4. The van der Waals surface area contributed by atoms with Crippen molar-refractivity contribution in [3.63, 3.8) is 0 Å². The van der Waals surface area contributed by atoms with E-state index in [2.05, 4.69) is 11.8 Å². The predicted molar refractivity (Wildman–Crippen MR) is 68.8 cm³/mol. The predicted octanol–water partition coefficient (Wildman–Crippen LogP) is 3.43. The Morgan fingerprint density at radius 3 is 2.44 bits per heavy atom. The van der Waals surface area contributed by atoms with Crippen LogP contribution in [0.4, 0.5) is 0 Å². The SMILES string of the molecule is CCC(C)(C)C(=O)N(CCCCl)C1CCC1. The van der Waals surface area contributed by atoms with Gasteiger partial charge in [-0.05, 0) is 32.1 Å². The molecular weight excluding hydrogens is 222 g/mol. The van der Waals surface area contributed by atoms with Crippen LogP contribution >= 0.6 is 11.6 Å². The summed E-state index contributed by atoms with van der Waals surface area (Å²) in [7, 11) is 0. The maximum atomic E-state index is 12.4. The monoisotopic (exact) mass is 245 g/mol. The third-order valence-electron chi connectivity index (χ3n) is 3.77. The molecule has 1 fully saturated rings. The van der Waals surface area contributed by atoms with Gasteiger partial charge in [0.1, 0.15) is 0 Å². The lowest BCUT2D eigenvalue weighted by Crippen LogP contribution is -2.49. The zero-order valence-corrected chi connectivity index (χ0v) is 11.5. The summed E-state index contributed by atoms with van der Waals surface area (Å²) < 4.78 is 0. The van der Waals surface area contributed by atoms with Crippen molar-refractivity contribution < 1.29 is 4.79 Å². The van der Waals surface area contributed by atoms with Gasteiger partial charge in [-0.3, -0.25) is 4.79 Å². The molecule has 0 aliphatic heterocycles. The van der Waals surface area contributed by atoms with E-state index in [-0.39, 0.29) is 5.41 Å². The summed E-state index contributed by atoms with van der Waals surface area (Å²) in [5, 5.41) is 0. The quantitative estimate of drug-likeness (QED) is 0.657. The Labute approximate surface area is 104 Å². The van der Waals surface area contributed by atoms with Gasteiger partial charge < -0.3 is 4.90 Å². The van der Waals surface area contributed by atoms with Crippen molar-refractivity contribution in [1.82, 2.24) is 4.90 Å². The van der Waals surface area contributed by atoms with E-state index >= 15 is 0 Å². The van der Waals surface area contributed by atoms with E-state index in [0.717, 1.165) is 19.4 Å². The summed E-state index contributed by atoms with van der Waals surface area (Å²) in [6.07, 6.45) is 5.42. The van der Waals surface area contributed by atoms with Crippen molar-refractivity contribution in [1.29, 1.82) is 0 Å². The average molecular weight is 246 g/mol. The molecule has 1 rings (SSSR count). The Hall–Kier alpha value is -0.240. The minimum absolute atomic E-state index is 0.220. The van der Waals surface area contributed by atoms with Gasteiger partial charge in [-0.25, -0.2) is 0 Å². The Balaban J connectivity index is 2.63. The summed E-state index contributed by atoms with van der Waals surface area (Å²) in [6.45, 7) is 7.00. The third-order valence-corrected chi connectivity index (χ3v) is 4.04. The van der Waals surface area contributed by atoms with E-state index in [1.807, 2.05) is 13.8 Å². The molecule has 0 spiro atoms. The largest absolute Gasteiger partial charge is 0.339 e. The van der Waals surface area contributed by atoms with E-state index in [1.165, 1.54) is 19.3 Å². The lowest BCUT2D eigenvalue weighted by atomic mass is 9.84. The number of hydrogen-bond donors (Lipinski definition) is 0. The van der Waals surface area contributed by atoms with Gasteiger partial charge in [0, 0.05) is 23.9 Å². The molecule has 0 saturated heterocycles. The van der Waals surface area contributed by atoms with E-state index in [0.29, 0.717) is 17.8 Å². The molecule has 3 heteroatoms. The third kappa shape index (κ3) is 3.13. The van der Waals surface area contributed by atoms with Crippen LogP contribution in [0.1, 0.15) is 52.9 Å². The number of alkyl halides is 1. The highest BCUT2D eigenvalue weighted by Gasteiger charge is 2.35. The van der Waals surface area contributed by atoms with Gasteiger partial charge in [-0.15, -0.1) is 11.6 Å². The van der Waals surface area contributed by atoms with Crippen molar-refractivity contribution in [3.05, 3.63) is 0 Å². The normalized spacial score (nSPS) is 17.0. The second-order valence-corrected chi connectivity index (χ2v) is 5.74. The Kier molecular flexibility index (Phi) is 5.10. The first-order valence-electron chi connectivity index (χ1n) is 6.40. The van der Waals surface area contributed by atoms with Crippen LogP contribution in [0.15, 0.2) is 0 Å². The Bertz CT molecular complexity index is 236. The first kappa shape index (κ1) is 13.8. The molecular formula is C13H24ClNO. The summed E-state index contributed by atoms with van der Waals surface area (Å²) >= 11 is 5.73. The number of rotatable bonds is 6. The number of carbonyl (C=O) groups is 1. The average Bonchev–Trinajstić information content (AvgIpc) is 2.20. The fourth-order valence-electron chi connectivity index (χ4n) is 1.92. The van der Waals surface area contributed by atoms with Crippen molar-refractivity contribution in [2.24, 2.45) is 5.41 Å². The molecule has 94 valence electrons. The lowest BCUT2D eigenvalue weighted by Gasteiger charge is -2.41. The number of amides is 1. The Morgan fingerprint density at radius 2 is 2.06 bits per heavy atom. The van der Waals surface area contributed by atoms with Crippen LogP contribution in [-0.4, -0.2) is 29.3 Å². The van der Waals surface area contributed by atoms with Gasteiger partial charge in [-0.1, -0.05) is 20.8 Å². The van der Waals surface area contributed by atoms with E-state index in [1.54, 1.807) is 0 Å². The Morgan fingerprint density at radius 1 is 1.44 bits per heavy atom. The van der Waals surface area contributed by atoms with Gasteiger partial charge in [0.2, 0.25) is 5.91 Å². The number of nitrogens with zero attached hydrogens (tertiary/aromatic N) is 1. The van der Waals surface area contributed by atoms with Crippen LogP contribution in [0.25, 0.3) is 0 Å². The van der Waals surface area contributed by atoms with Gasteiger partial charge in [0.15, 0.2) is 0 Å². The van der Waals surface area contributed by atoms with Gasteiger partial charge in [0.05, 0.1) is 0 Å². The first-order chi connectivity index (χ1) is 7.53. The molecule has 1 aliphatic rings. The smallest absolute Gasteiger partial charge is 0.228 e. The highest BCUT2D eigenvalue weighted by atomic mass is 35.5. The number of halogens is 1. The van der Waals surface area contributed by atoms with Crippen molar-refractivity contribution >= 4 is 17.5 Å². The molecule has 1 saturated carbocycles. The molecule has 0 unspecified atom stereocenters. The minimum Gasteiger partial charge on any atom is -0.339 e. The molecule has 0 aromatic rings. The van der Waals surface area contributed by atoms with Crippen molar-refractivity contribution in [2.75, 3.05) is 12.4 Å². The number of carbonyl (C=O) groups excluding carboxylic acids is 1. The molecule has 1 amide bonds. The molecule has 0 heterocycles. The lowest BCUT2D eigenvalue weighted by molar-refractivity contribution is -0.144. The second-order valence-electron chi connectivity index (χ2n) is 5.36. The van der Waals surface area contributed by atoms with Gasteiger partial charge in [0.25, 0.3) is 0 Å². The molecule has 0 radical (unpaired) electrons. The van der Waals surface area contributed by atoms with Gasteiger partial charge in [-0.2, -0.15) is 0 Å². The summed E-state index contributed by atoms with van der Waals surface area (Å²) in [5.74, 6) is 0.952. The van der Waals surface area contributed by atoms with Crippen LogP contribution in [0.5, 0.6) is 0 Å². The molecule has 1 aliphatic carbocycles. The van der Waals surface area contributed by atoms with Crippen LogP contribution in [0, 0.1) is 5.41 Å². The van der Waals surface area contributed by atoms with Crippen LogP contribution in [-0.2, 0) is 4.79 Å². The second kappa shape index (κ2) is 5.90. The van der Waals surface area contributed by atoms with Crippen molar-refractivity contribution in [3.8, 4) is 0 Å². The van der Waals surface area contributed by atoms with E-state index in [9.17, 15) is 4.79 Å². The topological polar surface area (TPSA) is 20.3 Å². The standard InChI is InChI=1S/C13H24ClNO/c1-4-13(2,3)12(16)15(10-6-9-14)11-7-5-8-11/h11H,4-10H2,1-3H3. The van der Waals surface area contributed by atoms with E-state index < -0.39 is 0 Å². The fraction of sp³-hybridized carbons (Fsp3) is 0.923. The van der Waals surface area contributed by atoms with Crippen LogP contribution in [0.2, 0.25) is 0 Å². The minimum atomic E-state index is -0.220. The van der Waals surface area contributed by atoms with Crippen molar-refractivity contribution in [2.45, 2.75) is 58.9 Å². The molecule has 0 aromatic carbocycles. The van der Waals surface area contributed by atoms with E-state index in [4.69, 9.17) is 11.6 Å². The zero-order valence-electron chi connectivity index (χ0n) is 10.8. The highest BCUT2D eigenvalue weighted by molar-refractivity contribution is 6.17. The van der Waals surface area contributed by atoms with Crippen LogP contribution < -0.4 is 0 Å². The molecule has 0 N–H and O–H groups in total. The van der Waals surface area contributed by atoms with Gasteiger partial charge >= 0.3 is 0 Å². The highest BCUT2D eigenvalue weighted by Crippen LogP contribution is 2.31. The number of hydrogen-bond acceptors (Lipinski definition) is 1. The van der Waals surface area contributed by atoms with Crippen LogP contribution in [0.3, 0.4) is 0 Å². The molecule has 0 aromatic heterocycles. The maximum Gasteiger partial charge on any atom is 0.228 e. The molecule has 0 bridgehead atoms. The summed E-state index contributed by atoms with van der Waals surface area (Å²) in [5.41, 5.74) is -0.220. The molecule has 2 nitrogen and oxygen atoms in total.